The van der Waals surface area contributed by atoms with Crippen LogP contribution in [0.5, 0.6) is 0 Å². The molecule has 19 heavy (non-hydrogen) atoms. The Hall–Kier alpha value is -0.870. The highest BCUT2D eigenvalue weighted by Crippen LogP contribution is 2.21. The minimum absolute atomic E-state index is 0.0408. The van der Waals surface area contributed by atoms with Gasteiger partial charge in [0.05, 0.1) is 0 Å². The van der Waals surface area contributed by atoms with Crippen LogP contribution in [0.3, 0.4) is 0 Å². The van der Waals surface area contributed by atoms with Crippen molar-refractivity contribution in [1.29, 1.82) is 0 Å². The van der Waals surface area contributed by atoms with E-state index < -0.39 is 0 Å². The molecule has 0 spiro atoms. The Bertz CT molecular complexity index is 467. The maximum Gasteiger partial charge on any atom is 0.251 e. The summed E-state index contributed by atoms with van der Waals surface area (Å²) in [6.07, 6.45) is 2.29. The Balaban J connectivity index is 1.90. The minimum atomic E-state index is 0.0408. The van der Waals surface area contributed by atoms with E-state index in [-0.39, 0.29) is 5.91 Å². The van der Waals surface area contributed by atoms with Crippen LogP contribution in [0.15, 0.2) is 16.6 Å². The molecule has 3 nitrogen and oxygen atoms in total. The first-order valence-corrected chi connectivity index (χ1v) is 7.63. The van der Waals surface area contributed by atoms with Crippen LogP contribution in [-0.2, 0) is 0 Å². The molecule has 1 amide bonds. The summed E-state index contributed by atoms with van der Waals surface area (Å²) in [5.74, 6) is 0.757. The van der Waals surface area contributed by atoms with Crippen molar-refractivity contribution in [2.75, 3.05) is 19.6 Å². The van der Waals surface area contributed by atoms with Gasteiger partial charge >= 0.3 is 0 Å². The molecule has 1 aliphatic heterocycles. The Labute approximate surface area is 123 Å². The van der Waals surface area contributed by atoms with E-state index in [1.165, 1.54) is 6.42 Å². The summed E-state index contributed by atoms with van der Waals surface area (Å²) >= 11 is 3.49. The van der Waals surface area contributed by atoms with Crippen molar-refractivity contribution in [2.24, 2.45) is 5.92 Å². The maximum absolute atomic E-state index is 12.2. The Morgan fingerprint density at radius 2 is 2.21 bits per heavy atom. The largest absolute Gasteiger partial charge is 0.352 e. The Morgan fingerprint density at radius 1 is 1.42 bits per heavy atom. The molecule has 1 heterocycles. The standard InChI is InChI=1S/C15H21BrN2O/c1-10-8-14(16)11(2)7-13(10)15(19)18-6-4-12-3-5-17-9-12/h7-8,12,17H,3-6,9H2,1-2H3,(H,18,19). The molecule has 1 unspecified atom stereocenters. The van der Waals surface area contributed by atoms with E-state index in [1.54, 1.807) is 0 Å². The van der Waals surface area contributed by atoms with E-state index >= 15 is 0 Å². The lowest BCUT2D eigenvalue weighted by molar-refractivity contribution is 0.0951. The van der Waals surface area contributed by atoms with E-state index in [0.717, 1.165) is 47.2 Å². The van der Waals surface area contributed by atoms with Gasteiger partial charge in [0, 0.05) is 16.6 Å². The predicted molar refractivity (Wildman–Crippen MR) is 81.5 cm³/mol. The zero-order valence-electron chi connectivity index (χ0n) is 11.6. The fraction of sp³-hybridized carbons (Fsp3) is 0.533. The molecule has 1 aromatic rings. The van der Waals surface area contributed by atoms with Gasteiger partial charge in [0.25, 0.3) is 5.91 Å². The van der Waals surface area contributed by atoms with Crippen LogP contribution in [0.4, 0.5) is 0 Å². The first-order chi connectivity index (χ1) is 9.08. The van der Waals surface area contributed by atoms with E-state index in [9.17, 15) is 4.79 Å². The quantitative estimate of drug-likeness (QED) is 0.894. The summed E-state index contributed by atoms with van der Waals surface area (Å²) in [5.41, 5.74) is 2.89. The molecule has 1 fully saturated rings. The van der Waals surface area contributed by atoms with Crippen LogP contribution in [0.1, 0.15) is 34.3 Å². The molecule has 4 heteroatoms. The number of hydrogen-bond acceptors (Lipinski definition) is 2. The Kier molecular flexibility index (Phi) is 4.99. The second kappa shape index (κ2) is 6.53. The molecule has 104 valence electrons. The van der Waals surface area contributed by atoms with Gasteiger partial charge in [-0.05, 0) is 69.0 Å². The third-order valence-corrected chi connectivity index (χ3v) is 4.61. The van der Waals surface area contributed by atoms with Crippen molar-refractivity contribution in [1.82, 2.24) is 10.6 Å². The molecule has 0 aromatic heterocycles. The molecule has 1 atom stereocenters. The van der Waals surface area contributed by atoms with Crippen LogP contribution in [0.2, 0.25) is 0 Å². The number of hydrogen-bond donors (Lipinski definition) is 2. The summed E-state index contributed by atoms with van der Waals surface area (Å²) < 4.78 is 1.05. The summed E-state index contributed by atoms with van der Waals surface area (Å²) in [7, 11) is 0. The van der Waals surface area contributed by atoms with Gasteiger partial charge in [-0.25, -0.2) is 0 Å². The topological polar surface area (TPSA) is 41.1 Å². The SMILES string of the molecule is Cc1cc(C(=O)NCCC2CCNC2)c(C)cc1Br. The Morgan fingerprint density at radius 3 is 2.89 bits per heavy atom. The molecule has 1 aromatic carbocycles. The van der Waals surface area contributed by atoms with Crippen molar-refractivity contribution in [2.45, 2.75) is 26.7 Å². The molecular weight excluding hydrogens is 304 g/mol. The maximum atomic E-state index is 12.2. The number of halogens is 1. The number of amides is 1. The van der Waals surface area contributed by atoms with Gasteiger partial charge in [-0.2, -0.15) is 0 Å². The minimum Gasteiger partial charge on any atom is -0.352 e. The molecule has 2 N–H and O–H groups in total. The molecule has 1 saturated heterocycles. The highest BCUT2D eigenvalue weighted by molar-refractivity contribution is 9.10. The predicted octanol–water partition coefficient (Wildman–Crippen LogP) is 2.80. The molecular formula is C15H21BrN2O. The normalized spacial score (nSPS) is 18.6. The fourth-order valence-electron chi connectivity index (χ4n) is 2.47. The number of aryl methyl sites for hydroxylation is 2. The van der Waals surface area contributed by atoms with E-state index in [2.05, 4.69) is 26.6 Å². The number of rotatable bonds is 4. The number of carbonyl (C=O) groups excluding carboxylic acids is 1. The summed E-state index contributed by atoms with van der Waals surface area (Å²) in [5, 5.41) is 6.38. The highest BCUT2D eigenvalue weighted by atomic mass is 79.9. The lowest BCUT2D eigenvalue weighted by atomic mass is 10.0. The van der Waals surface area contributed by atoms with Gasteiger partial charge in [0.15, 0.2) is 0 Å². The molecule has 2 rings (SSSR count). The smallest absolute Gasteiger partial charge is 0.251 e. The average molecular weight is 325 g/mol. The van der Waals surface area contributed by atoms with Crippen molar-refractivity contribution in [3.05, 3.63) is 33.3 Å². The third kappa shape index (κ3) is 3.80. The second-order valence-corrected chi connectivity index (χ2v) is 6.17. The molecule has 0 radical (unpaired) electrons. The molecule has 0 bridgehead atoms. The van der Waals surface area contributed by atoms with Crippen molar-refractivity contribution < 1.29 is 4.79 Å². The van der Waals surface area contributed by atoms with Gasteiger partial charge in [-0.1, -0.05) is 15.9 Å². The van der Waals surface area contributed by atoms with Crippen LogP contribution in [-0.4, -0.2) is 25.5 Å². The summed E-state index contributed by atoms with van der Waals surface area (Å²) in [6, 6.07) is 3.96. The van der Waals surface area contributed by atoms with E-state index in [0.29, 0.717) is 5.92 Å². The van der Waals surface area contributed by atoms with Crippen molar-refractivity contribution in [3.63, 3.8) is 0 Å². The van der Waals surface area contributed by atoms with Crippen molar-refractivity contribution in [3.8, 4) is 0 Å². The van der Waals surface area contributed by atoms with Crippen LogP contribution >= 0.6 is 15.9 Å². The first-order valence-electron chi connectivity index (χ1n) is 6.83. The first kappa shape index (κ1) is 14.5. The van der Waals surface area contributed by atoms with E-state index in [4.69, 9.17) is 0 Å². The average Bonchev–Trinajstić information content (AvgIpc) is 2.86. The van der Waals surface area contributed by atoms with Gasteiger partial charge in [0.2, 0.25) is 0 Å². The van der Waals surface area contributed by atoms with Gasteiger partial charge < -0.3 is 10.6 Å². The van der Waals surface area contributed by atoms with E-state index in [1.807, 2.05) is 26.0 Å². The van der Waals surface area contributed by atoms with Crippen LogP contribution in [0.25, 0.3) is 0 Å². The lowest BCUT2D eigenvalue weighted by Gasteiger charge is -2.12. The molecule has 0 saturated carbocycles. The van der Waals surface area contributed by atoms with Crippen LogP contribution in [0, 0.1) is 19.8 Å². The molecule has 1 aliphatic rings. The monoisotopic (exact) mass is 324 g/mol. The van der Waals surface area contributed by atoms with Gasteiger partial charge in [-0.15, -0.1) is 0 Å². The highest BCUT2D eigenvalue weighted by Gasteiger charge is 2.15. The number of benzene rings is 1. The van der Waals surface area contributed by atoms with Gasteiger partial charge in [-0.3, -0.25) is 4.79 Å². The third-order valence-electron chi connectivity index (χ3n) is 3.75. The summed E-state index contributed by atoms with van der Waals surface area (Å²) in [6.45, 7) is 6.94. The van der Waals surface area contributed by atoms with Crippen molar-refractivity contribution >= 4 is 21.8 Å². The van der Waals surface area contributed by atoms with Crippen LogP contribution < -0.4 is 10.6 Å². The number of carbonyl (C=O) groups is 1. The number of nitrogens with one attached hydrogen (secondary N) is 2. The zero-order valence-corrected chi connectivity index (χ0v) is 13.1. The second-order valence-electron chi connectivity index (χ2n) is 5.32. The lowest BCUT2D eigenvalue weighted by Crippen LogP contribution is -2.27. The summed E-state index contributed by atoms with van der Waals surface area (Å²) in [4.78, 5) is 12.2. The molecule has 0 aliphatic carbocycles. The van der Waals surface area contributed by atoms with Gasteiger partial charge in [0.1, 0.15) is 0 Å². The fourth-order valence-corrected chi connectivity index (χ4v) is 2.93. The zero-order chi connectivity index (χ0) is 13.8.